The number of carbonyl (C=O) groups excluding carboxylic acids is 1. The molecule has 0 atom stereocenters. The van der Waals surface area contributed by atoms with Crippen molar-refractivity contribution in [3.63, 3.8) is 0 Å². The minimum absolute atomic E-state index is 0.0260. The molecule has 0 N–H and O–H groups in total. The van der Waals surface area contributed by atoms with Crippen LogP contribution in [0.2, 0.25) is 0 Å². The number of hydrogen-bond donors (Lipinski definition) is 0. The number of alkyl halides is 3. The van der Waals surface area contributed by atoms with E-state index in [1.165, 1.54) is 0 Å². The Morgan fingerprint density at radius 2 is 1.81 bits per heavy atom. The van der Waals surface area contributed by atoms with Gasteiger partial charge in [-0.25, -0.2) is 19.2 Å². The minimum Gasteiger partial charge on any atom is -0.443 e. The van der Waals surface area contributed by atoms with Gasteiger partial charge in [0.25, 0.3) is 0 Å². The molecule has 0 saturated heterocycles. The molecule has 0 unspecified atom stereocenters. The summed E-state index contributed by atoms with van der Waals surface area (Å²) in [7, 11) is 1.12. The van der Waals surface area contributed by atoms with Gasteiger partial charge in [-0.1, -0.05) is 0 Å². The summed E-state index contributed by atoms with van der Waals surface area (Å²) < 4.78 is 58.6. The van der Waals surface area contributed by atoms with Crippen LogP contribution in [0.3, 0.4) is 0 Å². The first-order valence-corrected chi connectivity index (χ1v) is 7.40. The van der Waals surface area contributed by atoms with Gasteiger partial charge >= 0.3 is 12.3 Å². The molecule has 1 amide bonds. The Morgan fingerprint density at radius 1 is 1.15 bits per heavy atom. The van der Waals surface area contributed by atoms with Crippen LogP contribution in [-0.2, 0) is 10.9 Å². The highest BCUT2D eigenvalue weighted by atomic mass is 19.4. The summed E-state index contributed by atoms with van der Waals surface area (Å²) in [4.78, 5) is 23.5. The predicted molar refractivity (Wildman–Crippen MR) is 84.9 cm³/mol. The lowest BCUT2D eigenvalue weighted by Crippen LogP contribution is -2.35. The topological polar surface area (TPSA) is 68.2 Å². The predicted octanol–water partition coefficient (Wildman–Crippen LogP) is 4.07. The first-order valence-electron chi connectivity index (χ1n) is 7.40. The third-order valence-corrected chi connectivity index (χ3v) is 3.03. The van der Waals surface area contributed by atoms with Crippen molar-refractivity contribution in [3.8, 4) is 11.4 Å². The van der Waals surface area contributed by atoms with Gasteiger partial charge in [-0.05, 0) is 26.8 Å². The van der Waals surface area contributed by atoms with Gasteiger partial charge in [0.1, 0.15) is 11.4 Å². The lowest BCUT2D eigenvalue weighted by Gasteiger charge is -2.26. The Bertz CT molecular complexity index is 819. The number of ether oxygens (including phenoxy) is 1. The molecular formula is C16H16F4N4O2. The van der Waals surface area contributed by atoms with Crippen LogP contribution in [0.25, 0.3) is 11.4 Å². The number of aromatic nitrogens is 3. The van der Waals surface area contributed by atoms with Crippen molar-refractivity contribution in [2.24, 2.45) is 0 Å². The summed E-state index contributed by atoms with van der Waals surface area (Å²) in [6.45, 7) is 4.75. The lowest BCUT2D eigenvalue weighted by atomic mass is 10.2. The van der Waals surface area contributed by atoms with Gasteiger partial charge in [-0.15, -0.1) is 0 Å². The normalized spacial score (nSPS) is 12.0. The van der Waals surface area contributed by atoms with Crippen LogP contribution >= 0.6 is 0 Å². The zero-order valence-electron chi connectivity index (χ0n) is 14.4. The van der Waals surface area contributed by atoms with Gasteiger partial charge in [0.05, 0.1) is 18.1 Å². The van der Waals surface area contributed by atoms with E-state index in [0.29, 0.717) is 4.90 Å². The molecule has 0 aliphatic heterocycles. The molecule has 2 aromatic rings. The molecule has 0 aliphatic carbocycles. The zero-order valence-corrected chi connectivity index (χ0v) is 14.4. The number of carbonyl (C=O) groups is 1. The smallest absolute Gasteiger partial charge is 0.435 e. The van der Waals surface area contributed by atoms with Gasteiger partial charge in [0.15, 0.2) is 11.5 Å². The second kappa shape index (κ2) is 6.85. The first kappa shape index (κ1) is 19.5. The third-order valence-electron chi connectivity index (χ3n) is 3.03. The van der Waals surface area contributed by atoms with Crippen molar-refractivity contribution >= 4 is 11.8 Å². The highest BCUT2D eigenvalue weighted by Crippen LogP contribution is 2.36. The maximum absolute atomic E-state index is 13.4. The molecular weight excluding hydrogens is 356 g/mol. The van der Waals surface area contributed by atoms with Gasteiger partial charge in [-0.2, -0.15) is 13.2 Å². The van der Waals surface area contributed by atoms with Crippen molar-refractivity contribution in [3.05, 3.63) is 36.2 Å². The summed E-state index contributed by atoms with van der Waals surface area (Å²) in [5.74, 6) is -1.11. The van der Waals surface area contributed by atoms with E-state index in [1.807, 2.05) is 0 Å². The van der Waals surface area contributed by atoms with Gasteiger partial charge in [0.2, 0.25) is 0 Å². The largest absolute Gasteiger partial charge is 0.443 e. The average Bonchev–Trinajstić information content (AvgIpc) is 2.51. The van der Waals surface area contributed by atoms with E-state index >= 15 is 0 Å². The lowest BCUT2D eigenvalue weighted by molar-refractivity contribution is -0.140. The van der Waals surface area contributed by atoms with E-state index in [4.69, 9.17) is 4.74 Å². The molecule has 10 heteroatoms. The number of hydrogen-bond acceptors (Lipinski definition) is 5. The Balaban J connectivity index is 2.49. The van der Waals surface area contributed by atoms with Crippen LogP contribution in [0.1, 0.15) is 26.5 Å². The minimum atomic E-state index is -4.87. The van der Waals surface area contributed by atoms with Crippen molar-refractivity contribution in [2.75, 3.05) is 11.9 Å². The van der Waals surface area contributed by atoms with E-state index in [2.05, 4.69) is 15.0 Å². The van der Waals surface area contributed by atoms with E-state index in [-0.39, 0.29) is 11.4 Å². The molecule has 2 rings (SSSR count). The summed E-state index contributed by atoms with van der Waals surface area (Å²) in [5.41, 5.74) is -2.85. The molecule has 0 radical (unpaired) electrons. The van der Waals surface area contributed by atoms with Crippen molar-refractivity contribution in [1.29, 1.82) is 0 Å². The van der Waals surface area contributed by atoms with Gasteiger partial charge < -0.3 is 4.74 Å². The van der Waals surface area contributed by atoms with Crippen molar-refractivity contribution in [1.82, 2.24) is 15.0 Å². The number of anilines is 1. The Morgan fingerprint density at radius 3 is 2.35 bits per heavy atom. The molecule has 0 spiro atoms. The maximum Gasteiger partial charge on any atom is 0.435 e. The molecule has 0 bridgehead atoms. The fourth-order valence-corrected chi connectivity index (χ4v) is 1.93. The molecule has 140 valence electrons. The molecule has 0 saturated carbocycles. The fourth-order valence-electron chi connectivity index (χ4n) is 1.93. The van der Waals surface area contributed by atoms with Crippen molar-refractivity contribution < 1.29 is 27.1 Å². The Kier molecular flexibility index (Phi) is 5.15. The molecule has 2 heterocycles. The maximum atomic E-state index is 13.4. The van der Waals surface area contributed by atoms with Crippen LogP contribution in [0.15, 0.2) is 24.7 Å². The number of pyridine rings is 1. The highest BCUT2D eigenvalue weighted by Gasteiger charge is 2.39. The second-order valence-electron chi connectivity index (χ2n) is 6.36. The second-order valence-corrected chi connectivity index (χ2v) is 6.36. The highest BCUT2D eigenvalue weighted by molar-refractivity contribution is 5.88. The van der Waals surface area contributed by atoms with Crippen LogP contribution in [-0.4, -0.2) is 33.7 Å². The average molecular weight is 372 g/mol. The third kappa shape index (κ3) is 4.64. The van der Waals surface area contributed by atoms with E-state index in [1.54, 1.807) is 20.8 Å². The number of amides is 1. The molecule has 0 fully saturated rings. The summed E-state index contributed by atoms with van der Waals surface area (Å²) in [6.07, 6.45) is -3.00. The number of halogens is 4. The molecule has 0 aromatic carbocycles. The van der Waals surface area contributed by atoms with E-state index in [9.17, 15) is 22.4 Å². The SMILES string of the molecule is CN(C(=O)OC(C)(C)C)c1cnc(-c2cncc(F)c2)nc1C(F)(F)F. The number of rotatable bonds is 2. The van der Waals surface area contributed by atoms with E-state index < -0.39 is 35.1 Å². The first-order chi connectivity index (χ1) is 11.9. The van der Waals surface area contributed by atoms with Gasteiger partial charge in [0, 0.05) is 18.8 Å². The number of nitrogens with zero attached hydrogens (tertiary/aromatic N) is 4. The molecule has 26 heavy (non-hydrogen) atoms. The van der Waals surface area contributed by atoms with E-state index in [0.717, 1.165) is 31.7 Å². The van der Waals surface area contributed by atoms with Gasteiger partial charge in [-0.3, -0.25) is 9.88 Å². The quantitative estimate of drug-likeness (QED) is 0.744. The monoisotopic (exact) mass is 372 g/mol. The van der Waals surface area contributed by atoms with Crippen LogP contribution < -0.4 is 4.90 Å². The zero-order chi connectivity index (χ0) is 19.7. The molecule has 6 nitrogen and oxygen atoms in total. The Labute approximate surface area is 146 Å². The summed E-state index contributed by atoms with van der Waals surface area (Å²) >= 11 is 0. The van der Waals surface area contributed by atoms with Crippen LogP contribution in [0, 0.1) is 5.82 Å². The molecule has 0 aliphatic rings. The van der Waals surface area contributed by atoms with Crippen molar-refractivity contribution in [2.45, 2.75) is 32.5 Å². The van der Waals surface area contributed by atoms with Crippen LogP contribution in [0.5, 0.6) is 0 Å². The summed E-state index contributed by atoms with van der Waals surface area (Å²) in [6, 6.07) is 0.958. The standard InChI is InChI=1S/C16H16F4N4O2/c1-15(2,3)26-14(25)24(4)11-8-22-13(23-12(11)16(18,19)20)9-5-10(17)7-21-6-9/h5-8H,1-4H3. The van der Waals surface area contributed by atoms with Crippen LogP contribution in [0.4, 0.5) is 28.0 Å². The Hall–Kier alpha value is -2.78. The fraction of sp³-hybridized carbons (Fsp3) is 0.375. The molecule has 2 aromatic heterocycles. The summed E-state index contributed by atoms with van der Waals surface area (Å²) in [5, 5.41) is 0.